The van der Waals surface area contributed by atoms with E-state index in [2.05, 4.69) is 5.32 Å². The van der Waals surface area contributed by atoms with Gasteiger partial charge < -0.3 is 25.3 Å². The van der Waals surface area contributed by atoms with Crippen LogP contribution in [0.1, 0.15) is 18.9 Å². The van der Waals surface area contributed by atoms with Crippen molar-refractivity contribution >= 4 is 17.3 Å². The molecule has 1 heterocycles. The highest BCUT2D eigenvalue weighted by molar-refractivity contribution is 5.94. The van der Waals surface area contributed by atoms with Crippen LogP contribution in [0.15, 0.2) is 36.4 Å². The summed E-state index contributed by atoms with van der Waals surface area (Å²) in [6.07, 6.45) is 1.00. The van der Waals surface area contributed by atoms with E-state index >= 15 is 0 Å². The van der Waals surface area contributed by atoms with Crippen LogP contribution in [0.3, 0.4) is 0 Å². The van der Waals surface area contributed by atoms with Crippen LogP contribution in [0.4, 0.5) is 11.4 Å². The molecule has 3 N–H and O–H groups in total. The summed E-state index contributed by atoms with van der Waals surface area (Å²) < 4.78 is 15.9. The number of rotatable bonds is 6. The molecule has 0 spiro atoms. The Morgan fingerprint density at radius 1 is 1.21 bits per heavy atom. The maximum Gasteiger partial charge on any atom is 0.231 e. The van der Waals surface area contributed by atoms with E-state index in [0.717, 1.165) is 11.3 Å². The summed E-state index contributed by atoms with van der Waals surface area (Å²) in [5.41, 5.74) is 8.00. The highest BCUT2D eigenvalue weighted by Gasteiger charge is 2.17. The van der Waals surface area contributed by atoms with Gasteiger partial charge in [-0.15, -0.1) is 0 Å². The zero-order valence-electron chi connectivity index (χ0n) is 13.5. The molecule has 0 bridgehead atoms. The Labute approximate surface area is 140 Å². The molecule has 6 nitrogen and oxygen atoms in total. The van der Waals surface area contributed by atoms with Gasteiger partial charge in [-0.05, 0) is 31.0 Å². The Balaban J connectivity index is 1.56. The molecule has 3 rings (SSSR count). The summed E-state index contributed by atoms with van der Waals surface area (Å²) in [6.45, 7) is 2.75. The van der Waals surface area contributed by atoms with E-state index in [4.69, 9.17) is 19.9 Å². The SMILES string of the molecule is CCOc1ccc(CCC(=O)Nc2cc3c(cc2N)OCO3)cc1. The normalized spacial score (nSPS) is 12.0. The van der Waals surface area contributed by atoms with Gasteiger partial charge >= 0.3 is 0 Å². The van der Waals surface area contributed by atoms with Gasteiger partial charge in [-0.3, -0.25) is 4.79 Å². The maximum atomic E-state index is 12.1. The first kappa shape index (κ1) is 16.0. The molecule has 0 saturated carbocycles. The van der Waals surface area contributed by atoms with Crippen molar-refractivity contribution < 1.29 is 19.0 Å². The predicted molar refractivity (Wildman–Crippen MR) is 91.5 cm³/mol. The summed E-state index contributed by atoms with van der Waals surface area (Å²) in [5.74, 6) is 1.92. The van der Waals surface area contributed by atoms with Crippen molar-refractivity contribution in [2.75, 3.05) is 24.5 Å². The van der Waals surface area contributed by atoms with E-state index < -0.39 is 0 Å². The molecule has 1 aliphatic rings. The summed E-state index contributed by atoms with van der Waals surface area (Å²) >= 11 is 0. The fourth-order valence-electron chi connectivity index (χ4n) is 2.46. The fraction of sp³-hybridized carbons (Fsp3) is 0.278. The lowest BCUT2D eigenvalue weighted by Crippen LogP contribution is -2.13. The molecule has 0 unspecified atom stereocenters. The van der Waals surface area contributed by atoms with Crippen molar-refractivity contribution in [3.63, 3.8) is 0 Å². The van der Waals surface area contributed by atoms with Crippen LogP contribution in [-0.4, -0.2) is 19.3 Å². The number of hydrogen-bond donors (Lipinski definition) is 2. The van der Waals surface area contributed by atoms with Gasteiger partial charge in [-0.1, -0.05) is 12.1 Å². The number of carbonyl (C=O) groups excluding carboxylic acids is 1. The first-order valence-corrected chi connectivity index (χ1v) is 7.86. The molecule has 126 valence electrons. The van der Waals surface area contributed by atoms with Gasteiger partial charge in [0, 0.05) is 18.6 Å². The summed E-state index contributed by atoms with van der Waals surface area (Å²) in [5, 5.41) is 2.82. The lowest BCUT2D eigenvalue weighted by Gasteiger charge is -2.10. The molecule has 0 fully saturated rings. The van der Waals surface area contributed by atoms with Gasteiger partial charge in [0.25, 0.3) is 0 Å². The molecule has 1 aliphatic heterocycles. The molecular formula is C18H20N2O4. The number of fused-ring (bicyclic) bond motifs is 1. The second-order valence-corrected chi connectivity index (χ2v) is 5.42. The van der Waals surface area contributed by atoms with Crippen LogP contribution in [0.2, 0.25) is 0 Å². The third-order valence-corrected chi connectivity index (χ3v) is 3.69. The lowest BCUT2D eigenvalue weighted by atomic mass is 10.1. The van der Waals surface area contributed by atoms with Crippen molar-refractivity contribution in [1.82, 2.24) is 0 Å². The molecule has 24 heavy (non-hydrogen) atoms. The van der Waals surface area contributed by atoms with Crippen LogP contribution in [-0.2, 0) is 11.2 Å². The molecule has 2 aromatic carbocycles. The maximum absolute atomic E-state index is 12.1. The lowest BCUT2D eigenvalue weighted by molar-refractivity contribution is -0.116. The average Bonchev–Trinajstić information content (AvgIpc) is 3.02. The Morgan fingerprint density at radius 3 is 2.62 bits per heavy atom. The minimum absolute atomic E-state index is 0.102. The molecule has 0 radical (unpaired) electrons. The van der Waals surface area contributed by atoms with Gasteiger partial charge in [-0.2, -0.15) is 0 Å². The number of hydrogen-bond acceptors (Lipinski definition) is 5. The van der Waals surface area contributed by atoms with Gasteiger partial charge in [-0.25, -0.2) is 0 Å². The van der Waals surface area contributed by atoms with E-state index in [0.29, 0.717) is 42.3 Å². The fourth-order valence-corrected chi connectivity index (χ4v) is 2.46. The van der Waals surface area contributed by atoms with Crippen molar-refractivity contribution in [3.8, 4) is 17.2 Å². The molecule has 1 amide bonds. The van der Waals surface area contributed by atoms with E-state index in [-0.39, 0.29) is 12.7 Å². The van der Waals surface area contributed by atoms with Crippen LogP contribution in [0.25, 0.3) is 0 Å². The number of nitrogens with one attached hydrogen (secondary N) is 1. The molecule has 6 heteroatoms. The topological polar surface area (TPSA) is 82.8 Å². The molecule has 2 aromatic rings. The zero-order valence-corrected chi connectivity index (χ0v) is 13.5. The highest BCUT2D eigenvalue weighted by atomic mass is 16.7. The molecule has 0 saturated heterocycles. The van der Waals surface area contributed by atoms with E-state index in [9.17, 15) is 4.79 Å². The summed E-state index contributed by atoms with van der Waals surface area (Å²) in [7, 11) is 0. The van der Waals surface area contributed by atoms with Crippen molar-refractivity contribution in [1.29, 1.82) is 0 Å². The Hall–Kier alpha value is -2.89. The molecule has 0 atom stereocenters. The molecular weight excluding hydrogens is 308 g/mol. The third-order valence-electron chi connectivity index (χ3n) is 3.69. The smallest absolute Gasteiger partial charge is 0.231 e. The van der Waals surface area contributed by atoms with E-state index in [1.165, 1.54) is 0 Å². The number of amides is 1. The van der Waals surface area contributed by atoms with E-state index in [1.54, 1.807) is 12.1 Å². The Bertz CT molecular complexity index is 729. The van der Waals surface area contributed by atoms with Gasteiger partial charge in [0.15, 0.2) is 11.5 Å². The van der Waals surface area contributed by atoms with Gasteiger partial charge in [0.2, 0.25) is 12.7 Å². The quantitative estimate of drug-likeness (QED) is 0.797. The van der Waals surface area contributed by atoms with E-state index in [1.807, 2.05) is 31.2 Å². The first-order chi connectivity index (χ1) is 11.7. The van der Waals surface area contributed by atoms with Gasteiger partial charge in [0.1, 0.15) is 5.75 Å². The largest absolute Gasteiger partial charge is 0.494 e. The minimum atomic E-state index is -0.102. The first-order valence-electron chi connectivity index (χ1n) is 7.86. The Kier molecular flexibility index (Phi) is 4.74. The number of nitrogens with two attached hydrogens (primary N) is 1. The summed E-state index contributed by atoms with van der Waals surface area (Å²) in [4.78, 5) is 12.1. The number of aryl methyl sites for hydroxylation is 1. The second kappa shape index (κ2) is 7.12. The summed E-state index contributed by atoms with van der Waals surface area (Å²) in [6, 6.07) is 11.1. The third kappa shape index (κ3) is 3.71. The number of anilines is 2. The predicted octanol–water partition coefficient (Wildman–Crippen LogP) is 2.97. The standard InChI is InChI=1S/C18H20N2O4/c1-2-22-13-6-3-12(4-7-13)5-8-18(21)20-15-10-17-16(9-14(15)19)23-11-24-17/h3-4,6-7,9-10H,2,5,8,11,19H2,1H3,(H,20,21). The zero-order chi connectivity index (χ0) is 16.9. The molecule has 0 aliphatic carbocycles. The average molecular weight is 328 g/mol. The number of benzene rings is 2. The van der Waals surface area contributed by atoms with Crippen molar-refractivity contribution in [2.45, 2.75) is 19.8 Å². The van der Waals surface area contributed by atoms with Crippen LogP contribution < -0.4 is 25.3 Å². The Morgan fingerprint density at radius 2 is 1.92 bits per heavy atom. The monoisotopic (exact) mass is 328 g/mol. The number of carbonyl (C=O) groups is 1. The van der Waals surface area contributed by atoms with Gasteiger partial charge in [0.05, 0.1) is 18.0 Å². The molecule has 0 aromatic heterocycles. The van der Waals surface area contributed by atoms with Crippen molar-refractivity contribution in [3.05, 3.63) is 42.0 Å². The second-order valence-electron chi connectivity index (χ2n) is 5.42. The van der Waals surface area contributed by atoms with Crippen LogP contribution >= 0.6 is 0 Å². The van der Waals surface area contributed by atoms with Crippen molar-refractivity contribution in [2.24, 2.45) is 0 Å². The van der Waals surface area contributed by atoms with Crippen LogP contribution in [0, 0.1) is 0 Å². The number of ether oxygens (including phenoxy) is 3. The minimum Gasteiger partial charge on any atom is -0.494 e. The number of nitrogen functional groups attached to an aromatic ring is 1. The highest BCUT2D eigenvalue weighted by Crippen LogP contribution is 2.38. The van der Waals surface area contributed by atoms with Crippen LogP contribution in [0.5, 0.6) is 17.2 Å².